The Morgan fingerprint density at radius 3 is 2.38 bits per heavy atom. The van der Waals surface area contributed by atoms with Gasteiger partial charge < -0.3 is 16.0 Å². The molecule has 2 aromatic carbocycles. The summed E-state index contributed by atoms with van der Waals surface area (Å²) in [4.78, 5) is 14.0. The minimum atomic E-state index is -0.191. The van der Waals surface area contributed by atoms with E-state index in [1.54, 1.807) is 6.07 Å². The highest BCUT2D eigenvalue weighted by atomic mass is 19.1. The molecule has 2 aliphatic rings. The van der Waals surface area contributed by atoms with Gasteiger partial charge in [0.2, 0.25) is 0 Å². The number of aromatic nitrogens is 4. The summed E-state index contributed by atoms with van der Waals surface area (Å²) < 4.78 is 16.3. The van der Waals surface area contributed by atoms with Crippen molar-refractivity contribution in [3.8, 4) is 11.3 Å². The van der Waals surface area contributed by atoms with Crippen molar-refractivity contribution in [2.45, 2.75) is 51.2 Å². The Morgan fingerprint density at radius 2 is 1.67 bits per heavy atom. The summed E-state index contributed by atoms with van der Waals surface area (Å²) in [6.45, 7) is 6.94. The predicted octanol–water partition coefficient (Wildman–Crippen LogP) is 4.87. The topological polar surface area (TPSA) is 88.1 Å². The highest BCUT2D eigenvalue weighted by Crippen LogP contribution is 2.37. The summed E-state index contributed by atoms with van der Waals surface area (Å²) in [5, 5.41) is 9.20. The lowest BCUT2D eigenvalue weighted by Gasteiger charge is -2.41. The second-order valence-electron chi connectivity index (χ2n) is 11.1. The van der Waals surface area contributed by atoms with Gasteiger partial charge in [-0.3, -0.25) is 4.90 Å². The lowest BCUT2D eigenvalue weighted by molar-refractivity contribution is 0.0815. The SMILES string of the molecule is Cc1ccc(CNc2ccc(-c3nn(C4CCC(N5CCN(C)CC5)CC4)c4ncnc(N)c34)cc2)c(F)c1. The first kappa shape index (κ1) is 25.7. The molecule has 0 unspecified atom stereocenters. The maximum atomic E-state index is 14.2. The van der Waals surface area contributed by atoms with Crippen LogP contribution in [0.3, 0.4) is 0 Å². The molecular weight excluding hydrogens is 491 g/mol. The first-order valence-electron chi connectivity index (χ1n) is 14.0. The minimum absolute atomic E-state index is 0.191. The van der Waals surface area contributed by atoms with Crippen molar-refractivity contribution in [1.29, 1.82) is 0 Å². The third kappa shape index (κ3) is 5.33. The summed E-state index contributed by atoms with van der Waals surface area (Å²) >= 11 is 0. The molecule has 0 spiro atoms. The second kappa shape index (κ2) is 10.9. The molecule has 1 aliphatic carbocycles. The molecule has 39 heavy (non-hydrogen) atoms. The highest BCUT2D eigenvalue weighted by Gasteiger charge is 2.30. The Hall–Kier alpha value is -3.56. The normalized spacial score (nSPS) is 20.9. The highest BCUT2D eigenvalue weighted by molar-refractivity contribution is 5.98. The van der Waals surface area contributed by atoms with E-state index in [4.69, 9.17) is 10.8 Å². The van der Waals surface area contributed by atoms with Crippen molar-refractivity contribution in [2.24, 2.45) is 0 Å². The lowest BCUT2D eigenvalue weighted by atomic mass is 9.90. The van der Waals surface area contributed by atoms with Crippen LogP contribution in [0.5, 0.6) is 0 Å². The van der Waals surface area contributed by atoms with Gasteiger partial charge in [-0.05, 0) is 63.4 Å². The van der Waals surface area contributed by atoms with Gasteiger partial charge in [0, 0.05) is 55.6 Å². The third-order valence-corrected chi connectivity index (χ3v) is 8.43. The van der Waals surface area contributed by atoms with Gasteiger partial charge in [-0.15, -0.1) is 0 Å². The molecule has 0 atom stereocenters. The van der Waals surface area contributed by atoms with Crippen molar-refractivity contribution in [2.75, 3.05) is 44.3 Å². The average Bonchev–Trinajstić information content (AvgIpc) is 3.34. The smallest absolute Gasteiger partial charge is 0.164 e. The molecule has 1 saturated carbocycles. The van der Waals surface area contributed by atoms with E-state index < -0.39 is 0 Å². The molecule has 3 N–H and O–H groups in total. The van der Waals surface area contributed by atoms with Crippen molar-refractivity contribution >= 4 is 22.5 Å². The van der Waals surface area contributed by atoms with E-state index in [9.17, 15) is 4.39 Å². The number of nitrogen functional groups attached to an aromatic ring is 1. The Morgan fingerprint density at radius 1 is 0.949 bits per heavy atom. The molecule has 2 aromatic heterocycles. The molecule has 9 heteroatoms. The number of benzene rings is 2. The van der Waals surface area contributed by atoms with Crippen molar-refractivity contribution in [3.05, 3.63) is 65.7 Å². The Kier molecular flexibility index (Phi) is 7.18. The number of likely N-dealkylation sites (N-methyl/N-ethyl adjacent to an activating group) is 1. The maximum absolute atomic E-state index is 14.2. The van der Waals surface area contributed by atoms with E-state index in [0.717, 1.165) is 72.6 Å². The fraction of sp³-hybridized carbons (Fsp3) is 0.433. The number of nitrogens with two attached hydrogens (primary N) is 1. The molecule has 8 nitrogen and oxygen atoms in total. The Bertz CT molecular complexity index is 1430. The minimum Gasteiger partial charge on any atom is -0.383 e. The molecule has 2 fully saturated rings. The monoisotopic (exact) mass is 528 g/mol. The van der Waals surface area contributed by atoms with Crippen LogP contribution in [0.2, 0.25) is 0 Å². The number of piperazine rings is 1. The number of nitrogens with one attached hydrogen (secondary N) is 1. The van der Waals surface area contributed by atoms with Gasteiger partial charge >= 0.3 is 0 Å². The van der Waals surface area contributed by atoms with Crippen LogP contribution in [-0.2, 0) is 6.54 Å². The van der Waals surface area contributed by atoms with Gasteiger partial charge in [0.25, 0.3) is 0 Å². The average molecular weight is 529 g/mol. The van der Waals surface area contributed by atoms with Gasteiger partial charge in [-0.1, -0.05) is 24.3 Å². The van der Waals surface area contributed by atoms with E-state index in [1.165, 1.54) is 19.2 Å². The quantitative estimate of drug-likeness (QED) is 0.369. The molecule has 0 bridgehead atoms. The van der Waals surface area contributed by atoms with Gasteiger partial charge in [0.15, 0.2) is 5.65 Å². The Balaban J connectivity index is 1.19. The fourth-order valence-electron chi connectivity index (χ4n) is 6.05. The molecule has 0 radical (unpaired) electrons. The number of anilines is 2. The third-order valence-electron chi connectivity index (χ3n) is 8.43. The van der Waals surface area contributed by atoms with Crippen LogP contribution in [-0.4, -0.2) is 68.8 Å². The predicted molar refractivity (Wildman–Crippen MR) is 154 cm³/mol. The van der Waals surface area contributed by atoms with Crippen LogP contribution < -0.4 is 11.1 Å². The number of fused-ring (bicyclic) bond motifs is 1. The summed E-state index contributed by atoms with van der Waals surface area (Å²) in [6, 6.07) is 14.3. The van der Waals surface area contributed by atoms with Gasteiger partial charge in [0.05, 0.1) is 11.4 Å². The zero-order valence-electron chi connectivity index (χ0n) is 22.8. The first-order chi connectivity index (χ1) is 19.0. The van der Waals surface area contributed by atoms with Crippen LogP contribution in [0.25, 0.3) is 22.3 Å². The number of aryl methyl sites for hydroxylation is 1. The number of halogens is 1. The summed E-state index contributed by atoms with van der Waals surface area (Å²) in [5.74, 6) is 0.258. The summed E-state index contributed by atoms with van der Waals surface area (Å²) in [6.07, 6.45) is 6.04. The molecule has 1 saturated heterocycles. The van der Waals surface area contributed by atoms with Crippen LogP contribution in [0.4, 0.5) is 15.9 Å². The van der Waals surface area contributed by atoms with E-state index in [0.29, 0.717) is 30.0 Å². The molecular formula is C30H37FN8. The van der Waals surface area contributed by atoms with Crippen molar-refractivity contribution in [1.82, 2.24) is 29.5 Å². The maximum Gasteiger partial charge on any atom is 0.164 e. The van der Waals surface area contributed by atoms with Crippen LogP contribution in [0.15, 0.2) is 48.8 Å². The first-order valence-corrected chi connectivity index (χ1v) is 14.0. The molecule has 3 heterocycles. The Labute approximate surface area is 229 Å². The molecule has 0 amide bonds. The lowest BCUT2D eigenvalue weighted by Crippen LogP contribution is -2.49. The standard InChI is InChI=1S/C30H37FN8/c1-20-3-4-22(26(31)17-20)18-33-23-7-5-21(6-8-23)28-27-29(32)34-19-35-30(27)39(36-28)25-11-9-24(10-12-25)38-15-13-37(2)14-16-38/h3-8,17,19,24-25,33H,9-16,18H2,1-2H3,(H2,32,34,35). The molecule has 4 aromatic rings. The summed E-state index contributed by atoms with van der Waals surface area (Å²) in [7, 11) is 2.21. The fourth-order valence-corrected chi connectivity index (χ4v) is 6.05. The largest absolute Gasteiger partial charge is 0.383 e. The number of rotatable bonds is 6. The van der Waals surface area contributed by atoms with E-state index in [-0.39, 0.29) is 5.82 Å². The zero-order chi connectivity index (χ0) is 26.9. The van der Waals surface area contributed by atoms with E-state index in [2.05, 4.69) is 36.8 Å². The zero-order valence-corrected chi connectivity index (χ0v) is 22.8. The van der Waals surface area contributed by atoms with Crippen molar-refractivity contribution in [3.63, 3.8) is 0 Å². The van der Waals surface area contributed by atoms with Gasteiger partial charge in [-0.25, -0.2) is 19.0 Å². The molecule has 1 aliphatic heterocycles. The van der Waals surface area contributed by atoms with Crippen LogP contribution in [0, 0.1) is 12.7 Å². The molecule has 6 rings (SSSR count). The van der Waals surface area contributed by atoms with Gasteiger partial charge in [-0.2, -0.15) is 5.10 Å². The van der Waals surface area contributed by atoms with Crippen LogP contribution in [0.1, 0.15) is 42.9 Å². The van der Waals surface area contributed by atoms with E-state index in [1.807, 2.05) is 43.3 Å². The number of nitrogens with zero attached hydrogens (tertiary/aromatic N) is 6. The molecule has 204 valence electrons. The summed E-state index contributed by atoms with van der Waals surface area (Å²) in [5.41, 5.74) is 11.4. The van der Waals surface area contributed by atoms with Crippen LogP contribution >= 0.6 is 0 Å². The second-order valence-corrected chi connectivity index (χ2v) is 11.1. The van der Waals surface area contributed by atoms with E-state index >= 15 is 0 Å². The number of hydrogen-bond donors (Lipinski definition) is 2. The van der Waals surface area contributed by atoms with Gasteiger partial charge in [0.1, 0.15) is 23.7 Å². The van der Waals surface area contributed by atoms with Crippen molar-refractivity contribution < 1.29 is 4.39 Å². The number of hydrogen-bond acceptors (Lipinski definition) is 7.